The zero-order valence-electron chi connectivity index (χ0n) is 10.3. The third kappa shape index (κ3) is 2.65. The zero-order chi connectivity index (χ0) is 13.2. The molecule has 3 aromatic heterocycles. The molecule has 3 aromatic rings. The maximum absolute atomic E-state index is 5.50. The van der Waals surface area contributed by atoms with Gasteiger partial charge >= 0.3 is 0 Å². The number of hydrogen-bond donors (Lipinski definition) is 0. The van der Waals surface area contributed by atoms with Gasteiger partial charge in [-0.3, -0.25) is 0 Å². The molecule has 0 atom stereocenters. The van der Waals surface area contributed by atoms with Crippen molar-refractivity contribution in [3.05, 3.63) is 36.0 Å². The zero-order valence-corrected chi connectivity index (χ0v) is 11.1. The fourth-order valence-corrected chi connectivity index (χ4v) is 2.36. The monoisotopic (exact) mass is 274 g/mol. The maximum Gasteiger partial charge on any atom is 0.284 e. The predicted octanol–water partition coefficient (Wildman–Crippen LogP) is 2.89. The molecule has 7 heteroatoms. The fraction of sp³-hybridized carbons (Fsp3) is 0.167. The third-order valence-electron chi connectivity index (χ3n) is 2.27. The van der Waals surface area contributed by atoms with Crippen molar-refractivity contribution in [3.8, 4) is 11.7 Å². The highest BCUT2D eigenvalue weighted by Gasteiger charge is 2.12. The molecule has 0 unspecified atom stereocenters. The van der Waals surface area contributed by atoms with E-state index in [0.717, 1.165) is 10.7 Å². The molecule has 0 radical (unpaired) electrons. The molecule has 0 aliphatic heterocycles. The standard InChI is InChI=1S/C12H10N4O2S/c1-7-6-10(14-8(2)13-7)19-12-16-15-11(18-12)9-4-3-5-17-9/h3-6H,1-2H3. The molecular formula is C12H10N4O2S. The van der Waals surface area contributed by atoms with Crippen molar-refractivity contribution in [2.75, 3.05) is 0 Å². The highest BCUT2D eigenvalue weighted by molar-refractivity contribution is 7.99. The van der Waals surface area contributed by atoms with Gasteiger partial charge in [-0.25, -0.2) is 9.97 Å². The molecule has 0 amide bonds. The summed E-state index contributed by atoms with van der Waals surface area (Å²) in [7, 11) is 0. The highest BCUT2D eigenvalue weighted by Crippen LogP contribution is 2.28. The van der Waals surface area contributed by atoms with Gasteiger partial charge in [-0.15, -0.1) is 10.2 Å². The smallest absolute Gasteiger partial charge is 0.284 e. The molecule has 0 saturated heterocycles. The van der Waals surface area contributed by atoms with Gasteiger partial charge in [-0.1, -0.05) is 0 Å². The van der Waals surface area contributed by atoms with Crippen LogP contribution in [0.4, 0.5) is 0 Å². The van der Waals surface area contributed by atoms with Crippen molar-refractivity contribution >= 4 is 11.8 Å². The van der Waals surface area contributed by atoms with Gasteiger partial charge in [-0.05, 0) is 43.8 Å². The average Bonchev–Trinajstić information content (AvgIpc) is 2.96. The van der Waals surface area contributed by atoms with E-state index in [1.54, 1.807) is 18.4 Å². The van der Waals surface area contributed by atoms with Crippen molar-refractivity contribution in [1.82, 2.24) is 20.2 Å². The van der Waals surface area contributed by atoms with Crippen LogP contribution in [0.5, 0.6) is 0 Å². The summed E-state index contributed by atoms with van der Waals surface area (Å²) in [6.07, 6.45) is 1.56. The van der Waals surface area contributed by atoms with E-state index < -0.39 is 0 Å². The number of aryl methyl sites for hydroxylation is 2. The topological polar surface area (TPSA) is 77.8 Å². The summed E-state index contributed by atoms with van der Waals surface area (Å²) < 4.78 is 10.7. The number of furan rings is 1. The molecular weight excluding hydrogens is 264 g/mol. The quantitative estimate of drug-likeness (QED) is 0.679. The van der Waals surface area contributed by atoms with Crippen molar-refractivity contribution in [2.45, 2.75) is 24.1 Å². The minimum atomic E-state index is 0.356. The van der Waals surface area contributed by atoms with Gasteiger partial charge in [0.05, 0.1) is 6.26 Å². The summed E-state index contributed by atoms with van der Waals surface area (Å²) in [5.41, 5.74) is 0.903. The summed E-state index contributed by atoms with van der Waals surface area (Å²) in [6, 6.07) is 5.40. The van der Waals surface area contributed by atoms with Crippen LogP contribution in [0.3, 0.4) is 0 Å². The number of rotatable bonds is 3. The van der Waals surface area contributed by atoms with E-state index in [0.29, 0.717) is 22.7 Å². The molecule has 0 spiro atoms. The lowest BCUT2D eigenvalue weighted by Gasteiger charge is -1.99. The van der Waals surface area contributed by atoms with Gasteiger partial charge in [0.2, 0.25) is 0 Å². The number of aromatic nitrogens is 4. The van der Waals surface area contributed by atoms with Crippen LogP contribution in [0.15, 0.2) is 43.5 Å². The molecule has 0 aliphatic carbocycles. The molecule has 0 N–H and O–H groups in total. The van der Waals surface area contributed by atoms with Crippen molar-refractivity contribution in [2.24, 2.45) is 0 Å². The first kappa shape index (κ1) is 11.9. The van der Waals surface area contributed by atoms with Gasteiger partial charge in [0.15, 0.2) is 5.76 Å². The Bertz CT molecular complexity index is 673. The first-order valence-electron chi connectivity index (χ1n) is 5.58. The molecule has 0 bridgehead atoms. The van der Waals surface area contributed by atoms with Gasteiger partial charge in [0.25, 0.3) is 11.1 Å². The SMILES string of the molecule is Cc1cc(Sc2nnc(-c3ccco3)o2)nc(C)n1. The van der Waals surface area contributed by atoms with Crippen LogP contribution < -0.4 is 0 Å². The average molecular weight is 274 g/mol. The van der Waals surface area contributed by atoms with Crippen LogP contribution in [-0.2, 0) is 0 Å². The lowest BCUT2D eigenvalue weighted by atomic mass is 10.4. The molecule has 0 aromatic carbocycles. The molecule has 6 nitrogen and oxygen atoms in total. The summed E-state index contributed by atoms with van der Waals surface area (Å²) in [5, 5.41) is 9.08. The normalized spacial score (nSPS) is 10.8. The largest absolute Gasteiger partial charge is 0.459 e. The summed E-state index contributed by atoms with van der Waals surface area (Å²) >= 11 is 1.30. The van der Waals surface area contributed by atoms with Crippen molar-refractivity contribution < 1.29 is 8.83 Å². The first-order valence-corrected chi connectivity index (χ1v) is 6.40. The molecule has 0 fully saturated rings. The molecule has 0 saturated carbocycles. The second-order valence-corrected chi connectivity index (χ2v) is 4.82. The Hall–Kier alpha value is -2.15. The Morgan fingerprint density at radius 3 is 2.79 bits per heavy atom. The summed E-state index contributed by atoms with van der Waals surface area (Å²) in [4.78, 5) is 8.52. The Morgan fingerprint density at radius 2 is 2.05 bits per heavy atom. The van der Waals surface area contributed by atoms with E-state index in [1.165, 1.54) is 11.8 Å². The van der Waals surface area contributed by atoms with Crippen LogP contribution in [0.2, 0.25) is 0 Å². The molecule has 0 aliphatic rings. The number of hydrogen-bond acceptors (Lipinski definition) is 7. The van der Waals surface area contributed by atoms with E-state index in [9.17, 15) is 0 Å². The minimum Gasteiger partial charge on any atom is -0.459 e. The molecule has 3 heterocycles. The first-order chi connectivity index (χ1) is 9.20. The van der Waals surface area contributed by atoms with Gasteiger partial charge in [0.1, 0.15) is 10.9 Å². The van der Waals surface area contributed by atoms with Crippen LogP contribution >= 0.6 is 11.8 Å². The maximum atomic E-state index is 5.50. The second kappa shape index (κ2) is 4.85. The van der Waals surface area contributed by atoms with Crippen LogP contribution in [-0.4, -0.2) is 20.2 Å². The lowest BCUT2D eigenvalue weighted by Crippen LogP contribution is -1.92. The van der Waals surface area contributed by atoms with E-state index in [2.05, 4.69) is 20.2 Å². The van der Waals surface area contributed by atoms with Gasteiger partial charge in [0, 0.05) is 5.69 Å². The highest BCUT2D eigenvalue weighted by atomic mass is 32.2. The Kier molecular flexibility index (Phi) is 3.04. The molecule has 96 valence electrons. The van der Waals surface area contributed by atoms with Crippen LogP contribution in [0, 0.1) is 13.8 Å². The van der Waals surface area contributed by atoms with Gasteiger partial charge in [-0.2, -0.15) is 0 Å². The third-order valence-corrected chi connectivity index (χ3v) is 3.03. The minimum absolute atomic E-state index is 0.356. The van der Waals surface area contributed by atoms with E-state index in [-0.39, 0.29) is 0 Å². The summed E-state index contributed by atoms with van der Waals surface area (Å²) in [6.45, 7) is 3.76. The summed E-state index contributed by atoms with van der Waals surface area (Å²) in [5.74, 6) is 1.62. The van der Waals surface area contributed by atoms with Gasteiger partial charge < -0.3 is 8.83 Å². The fourth-order valence-electron chi connectivity index (χ4n) is 1.58. The van der Waals surface area contributed by atoms with Crippen LogP contribution in [0.1, 0.15) is 11.5 Å². The lowest BCUT2D eigenvalue weighted by molar-refractivity contribution is 0.447. The van der Waals surface area contributed by atoms with E-state index in [4.69, 9.17) is 8.83 Å². The molecule has 3 rings (SSSR count). The Balaban J connectivity index is 1.84. The van der Waals surface area contributed by atoms with E-state index >= 15 is 0 Å². The van der Waals surface area contributed by atoms with Crippen molar-refractivity contribution in [3.63, 3.8) is 0 Å². The number of nitrogens with zero attached hydrogens (tertiary/aromatic N) is 4. The van der Waals surface area contributed by atoms with E-state index in [1.807, 2.05) is 19.9 Å². The molecule has 19 heavy (non-hydrogen) atoms. The Labute approximate surface area is 113 Å². The second-order valence-electron chi connectivity index (χ2n) is 3.85. The predicted molar refractivity (Wildman–Crippen MR) is 67.6 cm³/mol. The van der Waals surface area contributed by atoms with Crippen molar-refractivity contribution in [1.29, 1.82) is 0 Å². The Morgan fingerprint density at radius 1 is 1.16 bits per heavy atom. The van der Waals surface area contributed by atoms with Crippen LogP contribution in [0.25, 0.3) is 11.7 Å².